The van der Waals surface area contributed by atoms with Crippen molar-refractivity contribution in [2.45, 2.75) is 394 Å². The Balaban J connectivity index is 0.000000146. The number of hydrogen-bond acceptors (Lipinski definition) is 16. The molecule has 16 heteroatoms. The van der Waals surface area contributed by atoms with Gasteiger partial charge in [0.2, 0.25) is 0 Å². The standard InChI is InChI=1S/2C28H46O4.C28H44O4.C28H42O4/c4*1-6-19-23-16-18(29)12-14-28(23,5)22-13-15-27(4)20(9-10-21(27)25(22)26(19)31)17(3)8-11-24(30)32-7-2/h2*17,19-23,25-26,31H,6-16H2,1-5H3;16-17,19-22,25-26,31H,6-15H2,1-5H3;8,11,16-17,19-22,25-26,31H,6-7,9-10,12-15H2,1-5H3/b;;;11-8+/t17-,19+,20?,21?,22?,23+,25?,26-,27-,28-;17-,19+,20?,21?,22?,23-,25?,26-,27-,28-;2*17-,19+,20?,21?,22?,25?,26-,27-,28-/m1111/s1. The van der Waals surface area contributed by atoms with E-state index < -0.39 is 0 Å². The number of aliphatic hydroxyl groups excluding tert-OH is 4. The number of allylic oxidation sites excluding steroid dienone is 1. The van der Waals surface area contributed by atoms with E-state index in [4.69, 9.17) is 18.9 Å². The highest BCUT2D eigenvalue weighted by molar-refractivity contribution is 5.92. The van der Waals surface area contributed by atoms with Crippen molar-refractivity contribution in [1.29, 1.82) is 0 Å². The third-order valence-electron chi connectivity index (χ3n) is 42.9. The normalized spacial score (nSPS) is 45.5. The van der Waals surface area contributed by atoms with E-state index in [0.717, 1.165) is 109 Å². The molecule has 0 spiro atoms. The van der Waals surface area contributed by atoms with Gasteiger partial charge in [-0.25, -0.2) is 4.79 Å². The first kappa shape index (κ1) is 101. The lowest BCUT2D eigenvalue weighted by molar-refractivity contribution is -0.194. The van der Waals surface area contributed by atoms with Crippen molar-refractivity contribution in [1.82, 2.24) is 0 Å². The van der Waals surface area contributed by atoms with Crippen LogP contribution in [0.25, 0.3) is 0 Å². The maximum absolute atomic E-state index is 12.4. The maximum Gasteiger partial charge on any atom is 0.330 e. The van der Waals surface area contributed by atoms with Gasteiger partial charge in [0.25, 0.3) is 0 Å². The molecule has 14 saturated carbocycles. The summed E-state index contributed by atoms with van der Waals surface area (Å²) in [6, 6.07) is 0. The van der Waals surface area contributed by atoms with Gasteiger partial charge in [-0.15, -0.1) is 0 Å². The Morgan fingerprint density at radius 1 is 0.359 bits per heavy atom. The lowest BCUT2D eigenvalue weighted by Gasteiger charge is -2.64. The first-order chi connectivity index (χ1) is 60.7. The largest absolute Gasteiger partial charge is 0.466 e. The van der Waals surface area contributed by atoms with Gasteiger partial charge in [-0.05, 0) is 386 Å². The molecule has 16 aliphatic carbocycles. The molecular weight excluding hydrogens is 1600 g/mol. The molecule has 16 rings (SSSR count). The molecule has 14 fully saturated rings. The molecule has 0 heterocycles. The van der Waals surface area contributed by atoms with Crippen LogP contribution in [0, 0.1) is 197 Å². The highest BCUT2D eigenvalue weighted by Gasteiger charge is 2.70. The zero-order chi connectivity index (χ0) is 93.0. The lowest BCUT2D eigenvalue weighted by Crippen LogP contribution is -2.61. The zero-order valence-corrected chi connectivity index (χ0v) is 83.6. The summed E-state index contributed by atoms with van der Waals surface area (Å²) in [6.45, 7) is 46.9. The molecule has 4 N–H and O–H groups in total. The van der Waals surface area contributed by atoms with Crippen LogP contribution in [0.3, 0.4) is 0 Å². The van der Waals surface area contributed by atoms with Gasteiger partial charge in [-0.1, -0.05) is 141 Å². The molecule has 0 aromatic rings. The van der Waals surface area contributed by atoms with Crippen LogP contribution in [-0.2, 0) is 57.3 Å². The van der Waals surface area contributed by atoms with E-state index in [9.17, 15) is 58.8 Å². The molecule has 38 atom stereocenters. The second-order valence-electron chi connectivity index (χ2n) is 47.8. The molecule has 128 heavy (non-hydrogen) atoms. The molecule has 722 valence electrons. The Morgan fingerprint density at radius 2 is 0.664 bits per heavy atom. The number of esters is 4. The molecule has 0 aromatic carbocycles. The quantitative estimate of drug-likeness (QED) is 0.0421. The van der Waals surface area contributed by atoms with Gasteiger partial charge < -0.3 is 39.4 Å². The molecule has 0 aromatic heterocycles. The second-order valence-corrected chi connectivity index (χ2v) is 47.8. The Kier molecular flexibility index (Phi) is 32.0. The minimum Gasteiger partial charge on any atom is -0.466 e. The Bertz CT molecular complexity index is 3900. The number of hydrogen-bond donors (Lipinski definition) is 4. The van der Waals surface area contributed by atoms with Crippen LogP contribution in [0.15, 0.2) is 35.5 Å². The first-order valence-electron chi connectivity index (χ1n) is 53.2. The van der Waals surface area contributed by atoms with Crippen LogP contribution >= 0.6 is 0 Å². The van der Waals surface area contributed by atoms with Crippen molar-refractivity contribution >= 4 is 47.0 Å². The summed E-state index contributed by atoms with van der Waals surface area (Å²) < 4.78 is 20.6. The third-order valence-corrected chi connectivity index (χ3v) is 42.9. The molecule has 16 nitrogen and oxygen atoms in total. The molecule has 16 unspecified atom stereocenters. The number of Topliss-reactive ketones (excluding diaryl/α,β-unsaturated/α-hetero) is 2. The summed E-state index contributed by atoms with van der Waals surface area (Å²) in [5.41, 5.74) is 3.93. The highest BCUT2D eigenvalue weighted by Crippen LogP contribution is 2.75. The molecule has 0 saturated heterocycles. The molecule has 0 radical (unpaired) electrons. The molecule has 0 amide bonds. The van der Waals surface area contributed by atoms with Gasteiger partial charge in [0, 0.05) is 75.7 Å². The van der Waals surface area contributed by atoms with Gasteiger partial charge in [-0.2, -0.15) is 0 Å². The van der Waals surface area contributed by atoms with E-state index in [2.05, 4.69) is 111 Å². The highest BCUT2D eigenvalue weighted by atomic mass is 16.5. The Hall–Kier alpha value is -4.38. The maximum atomic E-state index is 12.4. The predicted molar refractivity (Wildman–Crippen MR) is 503 cm³/mol. The first-order valence-corrected chi connectivity index (χ1v) is 53.2. The lowest BCUT2D eigenvalue weighted by atomic mass is 9.41. The van der Waals surface area contributed by atoms with E-state index in [-0.39, 0.29) is 127 Å². The van der Waals surface area contributed by atoms with Crippen LogP contribution in [0.5, 0.6) is 0 Å². The summed E-state index contributed by atoms with van der Waals surface area (Å²) in [5, 5.41) is 46.9. The number of fused-ring (bicyclic) bond motifs is 20. The number of ether oxygens (including phenoxy) is 4. The fourth-order valence-corrected chi connectivity index (χ4v) is 36.6. The average Bonchev–Trinajstić information content (AvgIpc) is 1.28. The van der Waals surface area contributed by atoms with Crippen molar-refractivity contribution in [3.05, 3.63) is 35.5 Å². The SMILES string of the molecule is CCOC(=O)/C=C/[C@@H](C)C1CCC2C3C(CC[C@@]21C)[C@@]1(C)CCC(=O)C=C1[C@H](CC)[C@H]3O.CCOC(=O)CC[C@@H](C)C1CCC2C3C(CC[C@@]21C)[C@@]1(C)CCC(=O)C=C1[C@H](CC)[C@H]3O.CCOC(=O)CC[C@@H](C)C1CCC2C3C(CC[C@@]21C)[C@@]1(C)CCC(=O)C[C@@H]1[C@H](CC)[C@H]3O.CCOC(=O)CC[C@@H](C)C1CCC2C3C(CC[C@@]21C)[C@@]1(C)CCC(=O)C[C@H]1[C@H](CC)[C@H]3O. The minimum atomic E-state index is -0.357. The van der Waals surface area contributed by atoms with Gasteiger partial charge in [-0.3, -0.25) is 33.6 Å². The summed E-state index contributed by atoms with van der Waals surface area (Å²) in [6.07, 6.45) is 41.3. The van der Waals surface area contributed by atoms with E-state index in [1.807, 2.05) is 45.9 Å². The molecular formula is C112H178O16. The van der Waals surface area contributed by atoms with E-state index in [1.165, 1.54) is 88.2 Å². The Labute approximate surface area is 773 Å². The van der Waals surface area contributed by atoms with Crippen LogP contribution in [0.1, 0.15) is 370 Å². The molecule has 0 bridgehead atoms. The van der Waals surface area contributed by atoms with Crippen molar-refractivity contribution in [3.8, 4) is 0 Å². The number of carbonyl (C=O) groups excluding carboxylic acids is 8. The van der Waals surface area contributed by atoms with E-state index in [0.29, 0.717) is 213 Å². The summed E-state index contributed by atoms with van der Waals surface area (Å²) in [7, 11) is 0. The van der Waals surface area contributed by atoms with Gasteiger partial charge in [0.1, 0.15) is 11.6 Å². The summed E-state index contributed by atoms with van der Waals surface area (Å²) in [4.78, 5) is 97.0. The van der Waals surface area contributed by atoms with Crippen molar-refractivity contribution in [2.75, 3.05) is 26.4 Å². The number of ketones is 4. The average molecular weight is 1780 g/mol. The summed E-state index contributed by atoms with van der Waals surface area (Å²) >= 11 is 0. The Morgan fingerprint density at radius 3 is 0.984 bits per heavy atom. The summed E-state index contributed by atoms with van der Waals surface area (Å²) in [5.74, 6) is 12.1. The van der Waals surface area contributed by atoms with Crippen molar-refractivity contribution in [3.63, 3.8) is 0 Å². The van der Waals surface area contributed by atoms with Crippen molar-refractivity contribution < 1.29 is 77.7 Å². The van der Waals surface area contributed by atoms with Gasteiger partial charge in [0.05, 0.1) is 50.8 Å². The van der Waals surface area contributed by atoms with E-state index >= 15 is 0 Å². The smallest absolute Gasteiger partial charge is 0.330 e. The van der Waals surface area contributed by atoms with Gasteiger partial charge >= 0.3 is 23.9 Å². The number of carbonyl (C=O) groups is 8. The number of rotatable bonds is 23. The molecule has 0 aliphatic heterocycles. The van der Waals surface area contributed by atoms with E-state index in [1.54, 1.807) is 6.08 Å². The minimum absolute atomic E-state index is 0.0489. The van der Waals surface area contributed by atoms with Crippen LogP contribution in [-0.4, -0.2) is 118 Å². The monoisotopic (exact) mass is 1780 g/mol. The third kappa shape index (κ3) is 18.2. The fraction of sp³-hybridized carbons (Fsp3) is 0.875. The van der Waals surface area contributed by atoms with Gasteiger partial charge in [0.15, 0.2) is 11.6 Å². The topological polar surface area (TPSA) is 254 Å². The zero-order valence-electron chi connectivity index (χ0n) is 83.6. The molecule has 16 aliphatic rings. The van der Waals surface area contributed by atoms with Crippen LogP contribution < -0.4 is 0 Å². The van der Waals surface area contributed by atoms with Crippen molar-refractivity contribution in [2.24, 2.45) is 197 Å². The number of aliphatic hydroxyl groups is 4. The fourth-order valence-electron chi connectivity index (χ4n) is 36.6. The predicted octanol–water partition coefficient (Wildman–Crippen LogP) is 22.8. The second kappa shape index (κ2) is 40.5. The van der Waals surface area contributed by atoms with Crippen LogP contribution in [0.2, 0.25) is 0 Å². The van der Waals surface area contributed by atoms with Crippen LogP contribution in [0.4, 0.5) is 0 Å².